The number of carbonyl (C=O) groups is 1. The molecule has 1 fully saturated rings. The molecular weight excluding hydrogens is 406 g/mol. The summed E-state index contributed by atoms with van der Waals surface area (Å²) in [5.41, 5.74) is 6.23. The number of benzene rings is 2. The highest BCUT2D eigenvalue weighted by molar-refractivity contribution is 6.32. The minimum Gasteiger partial charge on any atom is -0.271 e. The Balaban J connectivity index is 1.65. The second-order valence-corrected chi connectivity index (χ2v) is 9.28. The molecule has 2 aliphatic carbocycles. The van der Waals surface area contributed by atoms with Crippen molar-refractivity contribution in [3.8, 4) is 0 Å². The third-order valence-electron chi connectivity index (χ3n) is 7.49. The molecule has 1 saturated carbocycles. The first kappa shape index (κ1) is 20.1. The first-order valence-corrected chi connectivity index (χ1v) is 11.9. The molecule has 2 aromatic carbocycles. The summed E-state index contributed by atoms with van der Waals surface area (Å²) in [4.78, 5) is 19.0. The third kappa shape index (κ3) is 2.86. The second kappa shape index (κ2) is 7.80. The molecule has 1 aromatic heterocycles. The van der Waals surface area contributed by atoms with Crippen molar-refractivity contribution < 1.29 is 4.79 Å². The minimum atomic E-state index is -0.914. The maximum absolute atomic E-state index is 14.5. The van der Waals surface area contributed by atoms with Gasteiger partial charge in [-0.2, -0.15) is 5.10 Å². The fourth-order valence-corrected chi connectivity index (χ4v) is 6.03. The first-order valence-electron chi connectivity index (χ1n) is 11.9. The number of hydrogen-bond donors (Lipinski definition) is 0. The van der Waals surface area contributed by atoms with Crippen LogP contribution in [0.3, 0.4) is 0 Å². The van der Waals surface area contributed by atoms with Gasteiger partial charge < -0.3 is 0 Å². The molecule has 1 aliphatic heterocycles. The van der Waals surface area contributed by atoms with E-state index in [0.29, 0.717) is 0 Å². The van der Waals surface area contributed by atoms with E-state index in [1.807, 2.05) is 48.5 Å². The topological polar surface area (TPSA) is 45.6 Å². The van der Waals surface area contributed by atoms with Gasteiger partial charge in [0.1, 0.15) is 5.41 Å². The number of hydrogen-bond acceptors (Lipinski definition) is 3. The number of carbonyl (C=O) groups excluding carboxylic acids is 1. The lowest BCUT2D eigenvalue weighted by atomic mass is 9.71. The Morgan fingerprint density at radius 1 is 0.879 bits per heavy atom. The number of pyridine rings is 1. The molecular formula is C29H27N3O. The van der Waals surface area contributed by atoms with Gasteiger partial charge in [-0.1, -0.05) is 79.9 Å². The summed E-state index contributed by atoms with van der Waals surface area (Å²) in [5.74, 6) is 0.0872. The van der Waals surface area contributed by atoms with E-state index in [2.05, 4.69) is 41.4 Å². The lowest BCUT2D eigenvalue weighted by Gasteiger charge is -2.33. The van der Waals surface area contributed by atoms with E-state index >= 15 is 0 Å². The standard InChI is InChI=1S/C29H27N3O/c1-20-29(28(33)32(31-20)23-15-9-4-10-16-23)25-17-18-30-19-24(25)26(21-11-5-2-6-12-21)27(29)22-13-7-3-8-14-22/h2-3,5-8,11-14,17-19,23H,4,9-10,15-16H2,1H3/t29-/m0/s1. The highest BCUT2D eigenvalue weighted by Crippen LogP contribution is 2.56. The number of aromatic nitrogens is 1. The van der Waals surface area contributed by atoms with Gasteiger partial charge in [0, 0.05) is 18.0 Å². The number of nitrogens with zero attached hydrogens (tertiary/aromatic N) is 3. The molecule has 1 atom stereocenters. The molecule has 3 aliphatic rings. The number of amides is 1. The van der Waals surface area contributed by atoms with Crippen LogP contribution in [0.1, 0.15) is 61.3 Å². The van der Waals surface area contributed by atoms with E-state index in [1.165, 1.54) is 6.42 Å². The minimum absolute atomic E-state index is 0.0872. The maximum Gasteiger partial charge on any atom is 0.263 e. The normalized spacial score (nSPS) is 22.8. The van der Waals surface area contributed by atoms with Crippen molar-refractivity contribution in [2.24, 2.45) is 5.10 Å². The van der Waals surface area contributed by atoms with Crippen molar-refractivity contribution in [1.82, 2.24) is 9.99 Å². The molecule has 1 spiro atoms. The van der Waals surface area contributed by atoms with E-state index in [9.17, 15) is 4.79 Å². The average Bonchev–Trinajstić information content (AvgIpc) is 3.34. The largest absolute Gasteiger partial charge is 0.271 e. The number of fused-ring (bicyclic) bond motifs is 2. The maximum atomic E-state index is 14.5. The van der Waals surface area contributed by atoms with E-state index in [-0.39, 0.29) is 11.9 Å². The average molecular weight is 434 g/mol. The van der Waals surface area contributed by atoms with Gasteiger partial charge in [-0.05, 0) is 53.7 Å². The van der Waals surface area contributed by atoms with Crippen LogP contribution in [0, 0.1) is 0 Å². The van der Waals surface area contributed by atoms with E-state index in [1.54, 1.807) is 6.20 Å². The monoisotopic (exact) mass is 433 g/mol. The molecule has 3 aromatic rings. The predicted octanol–water partition coefficient (Wildman–Crippen LogP) is 5.84. The van der Waals surface area contributed by atoms with Gasteiger partial charge in [-0.25, -0.2) is 5.01 Å². The van der Waals surface area contributed by atoms with Gasteiger partial charge in [0.2, 0.25) is 0 Å². The lowest BCUT2D eigenvalue weighted by molar-refractivity contribution is -0.134. The van der Waals surface area contributed by atoms with Crippen LogP contribution < -0.4 is 0 Å². The summed E-state index contributed by atoms with van der Waals surface area (Å²) < 4.78 is 0. The predicted molar refractivity (Wildman–Crippen MR) is 132 cm³/mol. The number of rotatable bonds is 3. The van der Waals surface area contributed by atoms with Crippen LogP contribution in [0.5, 0.6) is 0 Å². The van der Waals surface area contributed by atoms with Crippen LogP contribution in [0.4, 0.5) is 0 Å². The highest BCUT2D eigenvalue weighted by Gasteiger charge is 2.59. The van der Waals surface area contributed by atoms with Crippen LogP contribution in [0.2, 0.25) is 0 Å². The molecule has 0 N–H and O–H groups in total. The molecule has 2 heterocycles. The fourth-order valence-electron chi connectivity index (χ4n) is 6.03. The summed E-state index contributed by atoms with van der Waals surface area (Å²) in [5, 5.41) is 6.81. The van der Waals surface area contributed by atoms with Crippen LogP contribution in [0.15, 0.2) is 84.2 Å². The molecule has 4 nitrogen and oxygen atoms in total. The molecule has 33 heavy (non-hydrogen) atoms. The van der Waals surface area contributed by atoms with Gasteiger partial charge in [-0.15, -0.1) is 0 Å². The molecule has 164 valence electrons. The third-order valence-corrected chi connectivity index (χ3v) is 7.49. The van der Waals surface area contributed by atoms with Gasteiger partial charge >= 0.3 is 0 Å². The van der Waals surface area contributed by atoms with Gasteiger partial charge in [0.05, 0.1) is 11.8 Å². The molecule has 6 rings (SSSR count). The van der Waals surface area contributed by atoms with Gasteiger partial charge in [-0.3, -0.25) is 9.78 Å². The molecule has 0 radical (unpaired) electrons. The Kier molecular flexibility index (Phi) is 4.75. The van der Waals surface area contributed by atoms with Crippen molar-refractivity contribution in [3.63, 3.8) is 0 Å². The van der Waals surface area contributed by atoms with Crippen LogP contribution in [-0.2, 0) is 10.2 Å². The summed E-state index contributed by atoms with van der Waals surface area (Å²) in [6.07, 6.45) is 9.34. The molecule has 0 saturated heterocycles. The summed E-state index contributed by atoms with van der Waals surface area (Å²) in [7, 11) is 0. The van der Waals surface area contributed by atoms with Crippen molar-refractivity contribution in [2.75, 3.05) is 0 Å². The molecule has 1 amide bonds. The van der Waals surface area contributed by atoms with E-state index in [0.717, 1.165) is 64.8 Å². The molecule has 0 bridgehead atoms. The van der Waals surface area contributed by atoms with Gasteiger partial charge in [0.25, 0.3) is 5.91 Å². The Labute approximate surface area is 194 Å². The van der Waals surface area contributed by atoms with E-state index < -0.39 is 5.41 Å². The lowest BCUT2D eigenvalue weighted by Crippen LogP contribution is -2.46. The second-order valence-electron chi connectivity index (χ2n) is 9.28. The molecule has 4 heteroatoms. The van der Waals surface area contributed by atoms with Gasteiger partial charge in [0.15, 0.2) is 0 Å². The Bertz CT molecular complexity index is 1270. The van der Waals surface area contributed by atoms with Crippen LogP contribution in [0.25, 0.3) is 11.1 Å². The quantitative estimate of drug-likeness (QED) is 0.521. The smallest absolute Gasteiger partial charge is 0.263 e. The first-order chi connectivity index (χ1) is 16.2. The zero-order chi connectivity index (χ0) is 22.4. The summed E-state index contributed by atoms with van der Waals surface area (Å²) >= 11 is 0. The van der Waals surface area contributed by atoms with Crippen molar-refractivity contribution in [1.29, 1.82) is 0 Å². The van der Waals surface area contributed by atoms with E-state index in [4.69, 9.17) is 5.10 Å². The van der Waals surface area contributed by atoms with Crippen molar-refractivity contribution in [3.05, 3.63) is 101 Å². The Hall–Kier alpha value is -3.53. The van der Waals surface area contributed by atoms with Crippen molar-refractivity contribution in [2.45, 2.75) is 50.5 Å². The van der Waals surface area contributed by atoms with Crippen molar-refractivity contribution >= 4 is 22.8 Å². The van der Waals surface area contributed by atoms with Crippen LogP contribution in [-0.4, -0.2) is 27.7 Å². The highest BCUT2D eigenvalue weighted by atomic mass is 16.2. The zero-order valence-electron chi connectivity index (χ0n) is 18.9. The zero-order valence-corrected chi connectivity index (χ0v) is 18.9. The summed E-state index contributed by atoms with van der Waals surface area (Å²) in [6.45, 7) is 2.03. The number of hydrazone groups is 1. The molecule has 0 unspecified atom stereocenters. The Morgan fingerprint density at radius 3 is 2.24 bits per heavy atom. The SMILES string of the molecule is CC1=NN(C2CCCCC2)C(=O)[C@@]12C(c1ccccc1)=C(c1ccccc1)c1cnccc12. The summed E-state index contributed by atoms with van der Waals surface area (Å²) in [6, 6.07) is 22.9. The Morgan fingerprint density at radius 2 is 1.55 bits per heavy atom. The fraction of sp³-hybridized carbons (Fsp3) is 0.276. The van der Waals surface area contributed by atoms with Crippen LogP contribution >= 0.6 is 0 Å².